The van der Waals surface area contributed by atoms with Crippen molar-refractivity contribution in [2.45, 2.75) is 36.7 Å². The molecule has 1 atom stereocenters. The number of hydrogen-bond acceptors (Lipinski definition) is 6. The zero-order valence-electron chi connectivity index (χ0n) is 16.0. The third-order valence-electron chi connectivity index (χ3n) is 5.90. The van der Waals surface area contributed by atoms with Crippen molar-refractivity contribution < 1.29 is 17.9 Å². The number of rotatable bonds is 8. The van der Waals surface area contributed by atoms with E-state index in [1.54, 1.807) is 0 Å². The molecule has 28 heavy (non-hydrogen) atoms. The lowest BCUT2D eigenvalue weighted by Crippen LogP contribution is -2.52. The molecule has 1 aromatic rings. The molecular weight excluding hydrogens is 382 g/mol. The fraction of sp³-hybridized carbons (Fsp3) is 0.778. The first-order valence-electron chi connectivity index (χ1n) is 10.1. The highest BCUT2D eigenvalue weighted by molar-refractivity contribution is 7.89. The zero-order chi connectivity index (χ0) is 19.6. The maximum absolute atomic E-state index is 12.3. The number of amides is 1. The van der Waals surface area contributed by atoms with Crippen LogP contribution >= 0.6 is 0 Å². The Balaban J connectivity index is 1.23. The second-order valence-electron chi connectivity index (χ2n) is 8.20. The summed E-state index contributed by atoms with van der Waals surface area (Å²) in [6.45, 7) is 4.79. The molecule has 4 rings (SSSR count). The molecule has 1 aliphatic carbocycles. The van der Waals surface area contributed by atoms with Crippen molar-refractivity contribution in [1.82, 2.24) is 24.7 Å². The van der Waals surface area contributed by atoms with Gasteiger partial charge in [0.15, 0.2) is 0 Å². The van der Waals surface area contributed by atoms with E-state index in [2.05, 4.69) is 19.8 Å². The molecule has 0 unspecified atom stereocenters. The second kappa shape index (κ2) is 8.48. The molecular formula is C18H29N5O4S. The highest BCUT2D eigenvalue weighted by Crippen LogP contribution is 2.31. The van der Waals surface area contributed by atoms with Gasteiger partial charge in [-0.05, 0) is 50.6 Å². The van der Waals surface area contributed by atoms with Gasteiger partial charge in [-0.1, -0.05) is 0 Å². The summed E-state index contributed by atoms with van der Waals surface area (Å²) in [7, 11) is -3.62. The molecule has 3 aliphatic rings. The predicted molar refractivity (Wildman–Crippen MR) is 102 cm³/mol. The number of sulfonamides is 1. The van der Waals surface area contributed by atoms with Gasteiger partial charge in [-0.25, -0.2) is 13.1 Å². The summed E-state index contributed by atoms with van der Waals surface area (Å²) in [4.78, 5) is 16.8. The molecule has 0 spiro atoms. The fourth-order valence-electron chi connectivity index (χ4n) is 3.98. The Bertz CT molecular complexity index is 757. The smallest absolute Gasteiger partial charge is 0.248 e. The van der Waals surface area contributed by atoms with Gasteiger partial charge in [-0.2, -0.15) is 5.10 Å². The second-order valence-corrected chi connectivity index (χ2v) is 9.97. The van der Waals surface area contributed by atoms with Crippen LogP contribution in [0.1, 0.15) is 25.7 Å². The molecule has 2 aliphatic heterocycles. The van der Waals surface area contributed by atoms with Gasteiger partial charge in [0, 0.05) is 32.4 Å². The van der Waals surface area contributed by atoms with Crippen molar-refractivity contribution in [3.63, 3.8) is 0 Å². The quantitative estimate of drug-likeness (QED) is 0.625. The fourth-order valence-corrected chi connectivity index (χ4v) is 4.95. The molecule has 3 fully saturated rings. The topological polar surface area (TPSA) is 108 Å². The third-order valence-corrected chi connectivity index (χ3v) is 7.29. The van der Waals surface area contributed by atoms with Gasteiger partial charge < -0.3 is 14.5 Å². The van der Waals surface area contributed by atoms with E-state index in [1.807, 2.05) is 4.90 Å². The normalized spacial score (nSPS) is 25.4. The molecule has 1 saturated carbocycles. The van der Waals surface area contributed by atoms with E-state index >= 15 is 0 Å². The molecule has 10 heteroatoms. The van der Waals surface area contributed by atoms with Crippen LogP contribution in [0.4, 0.5) is 0 Å². The lowest BCUT2D eigenvalue weighted by atomic mass is 9.95. The summed E-state index contributed by atoms with van der Waals surface area (Å²) < 4.78 is 32.5. The number of H-pyrrole nitrogens is 1. The Morgan fingerprint density at radius 2 is 1.93 bits per heavy atom. The summed E-state index contributed by atoms with van der Waals surface area (Å²) in [5.74, 6) is 1.43. The molecule has 156 valence electrons. The minimum Gasteiger partial charge on any atom is -0.365 e. The molecule has 0 bridgehead atoms. The van der Waals surface area contributed by atoms with Crippen LogP contribution in [0.5, 0.6) is 0 Å². The van der Waals surface area contributed by atoms with Crippen LogP contribution in [-0.2, 0) is 19.6 Å². The average Bonchev–Trinajstić information content (AvgIpc) is 3.31. The van der Waals surface area contributed by atoms with Crippen LogP contribution < -0.4 is 4.72 Å². The lowest BCUT2D eigenvalue weighted by molar-refractivity contribution is -0.149. The molecule has 1 aromatic heterocycles. The van der Waals surface area contributed by atoms with Gasteiger partial charge in [0.1, 0.15) is 11.5 Å². The summed E-state index contributed by atoms with van der Waals surface area (Å²) in [6.07, 6.45) is 7.26. The Hall–Kier alpha value is -1.49. The van der Waals surface area contributed by atoms with E-state index in [1.165, 1.54) is 31.8 Å². The number of ether oxygens (including phenoxy) is 1. The van der Waals surface area contributed by atoms with E-state index in [0.717, 1.165) is 38.4 Å². The van der Waals surface area contributed by atoms with Crippen molar-refractivity contribution in [2.75, 3.05) is 45.9 Å². The summed E-state index contributed by atoms with van der Waals surface area (Å²) in [6, 6.07) is 0. The Morgan fingerprint density at radius 3 is 2.61 bits per heavy atom. The third kappa shape index (κ3) is 5.11. The first-order valence-corrected chi connectivity index (χ1v) is 11.6. The number of aromatic nitrogens is 2. The molecule has 0 radical (unpaired) electrons. The van der Waals surface area contributed by atoms with Crippen LogP contribution in [0.25, 0.3) is 0 Å². The highest BCUT2D eigenvalue weighted by atomic mass is 32.2. The number of carbonyl (C=O) groups excluding carboxylic acids is 1. The van der Waals surface area contributed by atoms with Crippen molar-refractivity contribution in [1.29, 1.82) is 0 Å². The number of nitrogens with one attached hydrogen (secondary N) is 2. The number of aromatic amines is 1. The maximum Gasteiger partial charge on any atom is 0.248 e. The molecule has 0 aromatic carbocycles. The minimum absolute atomic E-state index is 0.00523. The zero-order valence-corrected chi connectivity index (χ0v) is 16.9. The van der Waals surface area contributed by atoms with Gasteiger partial charge in [0.2, 0.25) is 15.9 Å². The summed E-state index contributed by atoms with van der Waals surface area (Å²) in [5.41, 5.74) is 0. The van der Waals surface area contributed by atoms with E-state index in [-0.39, 0.29) is 30.1 Å². The Morgan fingerprint density at radius 1 is 1.18 bits per heavy atom. The van der Waals surface area contributed by atoms with Crippen molar-refractivity contribution in [2.24, 2.45) is 11.8 Å². The van der Waals surface area contributed by atoms with Crippen LogP contribution in [0.3, 0.4) is 0 Å². The average molecular weight is 412 g/mol. The monoisotopic (exact) mass is 411 g/mol. The number of likely N-dealkylation sites (tertiary alicyclic amines) is 1. The number of nitrogens with zero attached hydrogens (tertiary/aromatic N) is 3. The lowest BCUT2D eigenvalue weighted by Gasteiger charge is -2.38. The first kappa shape index (κ1) is 19.8. The highest BCUT2D eigenvalue weighted by Gasteiger charge is 2.31. The van der Waals surface area contributed by atoms with Gasteiger partial charge in [-0.3, -0.25) is 9.89 Å². The van der Waals surface area contributed by atoms with Crippen LogP contribution in [0, 0.1) is 11.8 Å². The standard InChI is InChI=1S/C18H29N5O4S/c24-18-13-27-16(7-21-28(25,26)17-8-19-20-9-17)12-23(18)11-15-3-5-22(6-4-15)10-14-1-2-14/h8-9,14-16,21H,1-7,10-13H2,(H,19,20)/t16-/m1/s1. The van der Waals surface area contributed by atoms with E-state index in [0.29, 0.717) is 12.5 Å². The molecule has 9 nitrogen and oxygen atoms in total. The largest absolute Gasteiger partial charge is 0.365 e. The Kier molecular flexibility index (Phi) is 6.00. The minimum atomic E-state index is -3.62. The predicted octanol–water partition coefficient (Wildman–Crippen LogP) is 0.0374. The number of carbonyl (C=O) groups is 1. The van der Waals surface area contributed by atoms with Gasteiger partial charge in [-0.15, -0.1) is 0 Å². The molecule has 2 N–H and O–H groups in total. The van der Waals surface area contributed by atoms with Gasteiger partial charge in [0.25, 0.3) is 0 Å². The van der Waals surface area contributed by atoms with Gasteiger partial charge in [0.05, 0.1) is 12.3 Å². The number of hydrogen-bond donors (Lipinski definition) is 2. The molecule has 1 amide bonds. The molecule has 3 heterocycles. The van der Waals surface area contributed by atoms with E-state index in [4.69, 9.17) is 4.74 Å². The summed E-state index contributed by atoms with van der Waals surface area (Å²) >= 11 is 0. The van der Waals surface area contributed by atoms with Crippen LogP contribution in [0.15, 0.2) is 17.3 Å². The number of piperidine rings is 1. The van der Waals surface area contributed by atoms with Crippen LogP contribution in [-0.4, -0.2) is 86.3 Å². The Labute approximate surface area is 165 Å². The first-order chi connectivity index (χ1) is 13.5. The van der Waals surface area contributed by atoms with Crippen LogP contribution in [0.2, 0.25) is 0 Å². The van der Waals surface area contributed by atoms with Crippen molar-refractivity contribution >= 4 is 15.9 Å². The van der Waals surface area contributed by atoms with Crippen molar-refractivity contribution in [3.8, 4) is 0 Å². The summed E-state index contributed by atoms with van der Waals surface area (Å²) in [5, 5.41) is 6.16. The molecule has 2 saturated heterocycles. The maximum atomic E-state index is 12.3. The van der Waals surface area contributed by atoms with E-state index < -0.39 is 10.0 Å². The number of morpholine rings is 1. The van der Waals surface area contributed by atoms with Gasteiger partial charge >= 0.3 is 0 Å². The van der Waals surface area contributed by atoms with E-state index in [9.17, 15) is 13.2 Å². The van der Waals surface area contributed by atoms with Crippen molar-refractivity contribution in [3.05, 3.63) is 12.4 Å². The SMILES string of the molecule is O=C1CO[C@H](CNS(=O)(=O)c2cn[nH]c2)CN1CC1CCN(CC2CC2)CC1.